The van der Waals surface area contributed by atoms with Crippen LogP contribution in [-0.4, -0.2) is 17.3 Å². The van der Waals surface area contributed by atoms with Crippen LogP contribution in [0.1, 0.15) is 55.2 Å². The van der Waals surface area contributed by atoms with Crippen LogP contribution in [0, 0.1) is 0 Å². The number of aliphatic hydroxyl groups is 1. The molecule has 0 saturated heterocycles. The average molecular weight is 351 g/mol. The van der Waals surface area contributed by atoms with Crippen molar-refractivity contribution < 1.29 is 9.84 Å². The molecule has 0 bridgehead atoms. The van der Waals surface area contributed by atoms with E-state index < -0.39 is 5.60 Å². The third-order valence-electron chi connectivity index (χ3n) is 6.54. The normalized spacial score (nSPS) is 27.5. The Bertz CT molecular complexity index is 756. The SMILES string of the molecule is NCC[C@@]12CCCC[C@]1(O)CCc1cccc(OCc3ccccc3)c12. The Morgan fingerprint density at radius 1 is 0.962 bits per heavy atom. The van der Waals surface area contributed by atoms with Crippen LogP contribution in [0.15, 0.2) is 48.5 Å². The van der Waals surface area contributed by atoms with Crippen molar-refractivity contribution in [1.82, 2.24) is 0 Å². The Kier molecular flexibility index (Phi) is 4.76. The molecule has 0 aromatic heterocycles. The van der Waals surface area contributed by atoms with Gasteiger partial charge in [0.05, 0.1) is 5.60 Å². The number of aryl methyl sites for hydroxylation is 1. The molecule has 4 rings (SSSR count). The molecule has 2 aromatic rings. The van der Waals surface area contributed by atoms with Gasteiger partial charge in [-0.25, -0.2) is 0 Å². The summed E-state index contributed by atoms with van der Waals surface area (Å²) >= 11 is 0. The summed E-state index contributed by atoms with van der Waals surface area (Å²) in [5, 5.41) is 11.6. The Hall–Kier alpha value is -1.84. The lowest BCUT2D eigenvalue weighted by Crippen LogP contribution is -2.57. The van der Waals surface area contributed by atoms with Crippen molar-refractivity contribution in [1.29, 1.82) is 0 Å². The highest BCUT2D eigenvalue weighted by Gasteiger charge is 2.55. The second-order valence-electron chi connectivity index (χ2n) is 7.92. The van der Waals surface area contributed by atoms with E-state index in [4.69, 9.17) is 10.5 Å². The third kappa shape index (κ3) is 2.83. The van der Waals surface area contributed by atoms with Crippen LogP contribution < -0.4 is 10.5 Å². The van der Waals surface area contributed by atoms with E-state index in [1.54, 1.807) is 0 Å². The minimum absolute atomic E-state index is 0.263. The molecule has 2 aliphatic carbocycles. The van der Waals surface area contributed by atoms with E-state index in [0.717, 1.165) is 56.3 Å². The largest absolute Gasteiger partial charge is 0.489 e. The van der Waals surface area contributed by atoms with E-state index in [1.807, 2.05) is 18.2 Å². The van der Waals surface area contributed by atoms with Crippen LogP contribution in [0.5, 0.6) is 5.75 Å². The fourth-order valence-electron chi connectivity index (χ4n) is 5.29. The molecule has 26 heavy (non-hydrogen) atoms. The minimum atomic E-state index is -0.649. The molecule has 0 radical (unpaired) electrons. The molecule has 138 valence electrons. The van der Waals surface area contributed by atoms with Crippen molar-refractivity contribution in [3.8, 4) is 5.75 Å². The van der Waals surface area contributed by atoms with Gasteiger partial charge < -0.3 is 15.6 Å². The van der Waals surface area contributed by atoms with Gasteiger partial charge in [0.1, 0.15) is 12.4 Å². The van der Waals surface area contributed by atoms with Crippen molar-refractivity contribution in [2.24, 2.45) is 5.73 Å². The molecule has 3 heteroatoms. The number of fused-ring (bicyclic) bond motifs is 3. The first kappa shape index (κ1) is 17.6. The van der Waals surface area contributed by atoms with E-state index in [0.29, 0.717) is 13.2 Å². The summed E-state index contributed by atoms with van der Waals surface area (Å²) < 4.78 is 6.30. The average Bonchev–Trinajstić information content (AvgIpc) is 2.67. The Morgan fingerprint density at radius 2 is 1.77 bits per heavy atom. The van der Waals surface area contributed by atoms with Crippen molar-refractivity contribution in [3.63, 3.8) is 0 Å². The fourth-order valence-corrected chi connectivity index (χ4v) is 5.29. The Balaban J connectivity index is 1.75. The Labute approximate surface area is 156 Å². The lowest BCUT2D eigenvalue weighted by Gasteiger charge is -2.55. The van der Waals surface area contributed by atoms with E-state index in [9.17, 15) is 5.11 Å². The van der Waals surface area contributed by atoms with Crippen LogP contribution in [0.4, 0.5) is 0 Å². The van der Waals surface area contributed by atoms with Crippen molar-refractivity contribution in [3.05, 3.63) is 65.2 Å². The van der Waals surface area contributed by atoms with E-state index in [2.05, 4.69) is 30.3 Å². The zero-order valence-corrected chi connectivity index (χ0v) is 15.4. The molecule has 2 atom stereocenters. The summed E-state index contributed by atoms with van der Waals surface area (Å²) in [7, 11) is 0. The molecule has 0 heterocycles. The van der Waals surface area contributed by atoms with Crippen LogP contribution in [0.3, 0.4) is 0 Å². The summed E-state index contributed by atoms with van der Waals surface area (Å²) in [5.74, 6) is 0.930. The molecule has 1 saturated carbocycles. The van der Waals surface area contributed by atoms with Gasteiger partial charge >= 0.3 is 0 Å². The standard InChI is InChI=1S/C23H29NO2/c24-16-15-22-12-4-5-13-23(22,25)14-11-19-9-6-10-20(21(19)22)26-17-18-7-2-1-3-8-18/h1-3,6-10,25H,4-5,11-17,24H2/t22-,23+/m1/s1. The van der Waals surface area contributed by atoms with Crippen molar-refractivity contribution in [2.45, 2.75) is 62.6 Å². The number of hydrogen-bond donors (Lipinski definition) is 2. The molecule has 3 nitrogen and oxygen atoms in total. The van der Waals surface area contributed by atoms with Gasteiger partial charge in [0.15, 0.2) is 0 Å². The number of ether oxygens (including phenoxy) is 1. The van der Waals surface area contributed by atoms with E-state index in [1.165, 1.54) is 11.1 Å². The summed E-state index contributed by atoms with van der Waals surface area (Å²) in [6, 6.07) is 16.6. The number of nitrogens with two attached hydrogens (primary N) is 1. The first-order valence-electron chi connectivity index (χ1n) is 9.90. The summed E-state index contributed by atoms with van der Waals surface area (Å²) in [4.78, 5) is 0. The van der Waals surface area contributed by atoms with E-state index >= 15 is 0 Å². The van der Waals surface area contributed by atoms with Crippen LogP contribution >= 0.6 is 0 Å². The second-order valence-corrected chi connectivity index (χ2v) is 7.92. The van der Waals surface area contributed by atoms with Crippen molar-refractivity contribution in [2.75, 3.05) is 6.54 Å². The van der Waals surface area contributed by atoms with Crippen LogP contribution in [0.25, 0.3) is 0 Å². The topological polar surface area (TPSA) is 55.5 Å². The molecule has 2 aromatic carbocycles. The van der Waals surface area contributed by atoms with Gasteiger partial charge in [0.2, 0.25) is 0 Å². The molecule has 2 aliphatic rings. The molecule has 1 fully saturated rings. The van der Waals surface area contributed by atoms with Gasteiger partial charge in [-0.1, -0.05) is 55.3 Å². The predicted octanol–water partition coefficient (Wildman–Crippen LogP) is 4.10. The summed E-state index contributed by atoms with van der Waals surface area (Å²) in [6.07, 6.45) is 6.70. The maximum Gasteiger partial charge on any atom is 0.123 e. The molecule has 0 amide bonds. The highest BCUT2D eigenvalue weighted by Crippen LogP contribution is 2.56. The first-order chi connectivity index (χ1) is 12.7. The molecule has 0 aliphatic heterocycles. The minimum Gasteiger partial charge on any atom is -0.489 e. The number of hydrogen-bond acceptors (Lipinski definition) is 3. The van der Waals surface area contributed by atoms with Gasteiger partial charge in [-0.2, -0.15) is 0 Å². The lowest BCUT2D eigenvalue weighted by atomic mass is 9.53. The second kappa shape index (κ2) is 7.05. The zero-order valence-electron chi connectivity index (χ0n) is 15.4. The van der Waals surface area contributed by atoms with Gasteiger partial charge in [0.25, 0.3) is 0 Å². The van der Waals surface area contributed by atoms with Gasteiger partial charge in [0, 0.05) is 11.0 Å². The van der Waals surface area contributed by atoms with Crippen LogP contribution in [0.2, 0.25) is 0 Å². The molecule has 0 unspecified atom stereocenters. The van der Waals surface area contributed by atoms with Crippen molar-refractivity contribution >= 4 is 0 Å². The highest BCUT2D eigenvalue weighted by atomic mass is 16.5. The quantitative estimate of drug-likeness (QED) is 0.852. The van der Waals surface area contributed by atoms with Gasteiger partial charge in [-0.05, 0) is 55.8 Å². The maximum atomic E-state index is 11.6. The predicted molar refractivity (Wildman–Crippen MR) is 104 cm³/mol. The summed E-state index contributed by atoms with van der Waals surface area (Å²) in [6.45, 7) is 1.14. The monoisotopic (exact) mass is 351 g/mol. The maximum absolute atomic E-state index is 11.6. The molecular formula is C23H29NO2. The number of benzene rings is 2. The third-order valence-corrected chi connectivity index (χ3v) is 6.54. The zero-order chi connectivity index (χ0) is 18.0. The number of rotatable bonds is 5. The molecular weight excluding hydrogens is 322 g/mol. The van der Waals surface area contributed by atoms with Gasteiger partial charge in [-0.3, -0.25) is 0 Å². The van der Waals surface area contributed by atoms with Crippen LogP contribution in [-0.2, 0) is 18.4 Å². The summed E-state index contributed by atoms with van der Waals surface area (Å²) in [5.41, 5.74) is 8.85. The first-order valence-corrected chi connectivity index (χ1v) is 9.90. The fraction of sp³-hybridized carbons (Fsp3) is 0.478. The highest BCUT2D eigenvalue weighted by molar-refractivity contribution is 5.50. The molecule has 3 N–H and O–H groups in total. The Morgan fingerprint density at radius 3 is 2.58 bits per heavy atom. The molecule has 0 spiro atoms. The van der Waals surface area contributed by atoms with E-state index in [-0.39, 0.29) is 5.41 Å². The lowest BCUT2D eigenvalue weighted by molar-refractivity contribution is -0.0872. The van der Waals surface area contributed by atoms with Gasteiger partial charge in [-0.15, -0.1) is 0 Å². The smallest absolute Gasteiger partial charge is 0.123 e.